The number of aliphatic carboxylic acids is 1. The molecule has 1 aliphatic carbocycles. The van der Waals surface area contributed by atoms with Crippen molar-refractivity contribution < 1.29 is 18.3 Å². The van der Waals surface area contributed by atoms with Gasteiger partial charge in [0.2, 0.25) is 10.0 Å². The first-order valence-corrected chi connectivity index (χ1v) is 8.00. The number of nitrogens with one attached hydrogen (secondary N) is 1. The van der Waals surface area contributed by atoms with E-state index in [0.29, 0.717) is 6.54 Å². The van der Waals surface area contributed by atoms with Gasteiger partial charge in [-0.15, -0.1) is 0 Å². The summed E-state index contributed by atoms with van der Waals surface area (Å²) >= 11 is 0. The van der Waals surface area contributed by atoms with E-state index < -0.39 is 16.0 Å². The molecule has 0 aromatic heterocycles. The highest BCUT2D eigenvalue weighted by molar-refractivity contribution is 7.89. The first-order chi connectivity index (χ1) is 9.44. The predicted molar refractivity (Wildman–Crippen MR) is 75.3 cm³/mol. The Kier molecular flexibility index (Phi) is 4.29. The maximum Gasteiger partial charge on any atom is 0.323 e. The summed E-state index contributed by atoms with van der Waals surface area (Å²) in [4.78, 5) is 12.9. The molecule has 0 saturated heterocycles. The lowest BCUT2D eigenvalue weighted by Gasteiger charge is -2.22. The van der Waals surface area contributed by atoms with Gasteiger partial charge in [0.05, 0.1) is 4.90 Å². The fourth-order valence-corrected chi connectivity index (χ4v) is 3.09. The van der Waals surface area contributed by atoms with Gasteiger partial charge in [-0.3, -0.25) is 4.79 Å². The van der Waals surface area contributed by atoms with Gasteiger partial charge in [0.15, 0.2) is 0 Å². The van der Waals surface area contributed by atoms with Crippen LogP contribution in [0.5, 0.6) is 0 Å². The third kappa shape index (κ3) is 3.49. The van der Waals surface area contributed by atoms with E-state index in [1.54, 1.807) is 24.0 Å². The molecule has 1 aromatic rings. The summed E-state index contributed by atoms with van der Waals surface area (Å²) in [5, 5.41) is 8.93. The Morgan fingerprint density at radius 1 is 1.35 bits per heavy atom. The zero-order valence-electron chi connectivity index (χ0n) is 11.2. The summed E-state index contributed by atoms with van der Waals surface area (Å²) < 4.78 is 26.1. The normalized spacial score (nSPS) is 15.1. The Labute approximate surface area is 118 Å². The van der Waals surface area contributed by atoms with Crippen LogP contribution in [-0.4, -0.2) is 38.6 Å². The van der Waals surface area contributed by atoms with Crippen LogP contribution in [0.3, 0.4) is 0 Å². The third-order valence-corrected chi connectivity index (χ3v) is 4.67. The predicted octanol–water partition coefficient (Wildman–Crippen LogP) is 1.04. The Morgan fingerprint density at radius 2 is 1.95 bits per heavy atom. The maximum atomic E-state index is 11.8. The minimum atomic E-state index is -3.47. The van der Waals surface area contributed by atoms with Crippen molar-refractivity contribution in [3.05, 3.63) is 24.3 Å². The van der Waals surface area contributed by atoms with Crippen molar-refractivity contribution in [3.63, 3.8) is 0 Å². The number of rotatable bonds is 7. The van der Waals surface area contributed by atoms with E-state index in [9.17, 15) is 13.2 Å². The van der Waals surface area contributed by atoms with Crippen molar-refractivity contribution in [3.8, 4) is 0 Å². The van der Waals surface area contributed by atoms with E-state index in [2.05, 4.69) is 4.72 Å². The van der Waals surface area contributed by atoms with Crippen LogP contribution in [0, 0.1) is 0 Å². The number of carboxylic acid groups (broad SMARTS) is 1. The molecule has 6 nitrogen and oxygen atoms in total. The van der Waals surface area contributed by atoms with E-state index in [0.717, 1.165) is 18.5 Å². The maximum absolute atomic E-state index is 11.8. The SMILES string of the molecule is CCNS(=O)(=O)c1ccc(N(CC(=O)O)C2CC2)cc1. The standard InChI is InChI=1S/C13H18N2O4S/c1-2-14-20(18,19)12-7-5-11(6-8-12)15(9-13(16)17)10-3-4-10/h5-8,10,14H,2-4,9H2,1H3,(H,16,17). The van der Waals surface area contributed by atoms with Gasteiger partial charge in [-0.05, 0) is 37.1 Å². The molecule has 0 radical (unpaired) electrons. The fourth-order valence-electron chi connectivity index (χ4n) is 2.05. The van der Waals surface area contributed by atoms with Crippen LogP contribution in [-0.2, 0) is 14.8 Å². The first-order valence-electron chi connectivity index (χ1n) is 6.52. The minimum absolute atomic E-state index is 0.0655. The quantitative estimate of drug-likeness (QED) is 0.785. The summed E-state index contributed by atoms with van der Waals surface area (Å²) in [6.07, 6.45) is 1.95. The van der Waals surface area contributed by atoms with Gasteiger partial charge in [-0.25, -0.2) is 13.1 Å². The number of hydrogen-bond acceptors (Lipinski definition) is 4. The van der Waals surface area contributed by atoms with Gasteiger partial charge in [0.1, 0.15) is 6.54 Å². The van der Waals surface area contributed by atoms with E-state index in [1.165, 1.54) is 12.1 Å². The van der Waals surface area contributed by atoms with Gasteiger partial charge in [0.25, 0.3) is 0 Å². The smallest absolute Gasteiger partial charge is 0.323 e. The molecule has 0 atom stereocenters. The number of carbonyl (C=O) groups is 1. The Bertz CT molecular complexity index is 579. The van der Waals surface area contributed by atoms with Crippen LogP contribution in [0.25, 0.3) is 0 Å². The van der Waals surface area contributed by atoms with Crippen molar-refractivity contribution in [2.45, 2.75) is 30.7 Å². The van der Waals surface area contributed by atoms with Gasteiger partial charge in [0, 0.05) is 18.3 Å². The summed E-state index contributed by atoms with van der Waals surface area (Å²) in [6.45, 7) is 1.98. The van der Waals surface area contributed by atoms with Crippen molar-refractivity contribution >= 4 is 21.7 Å². The lowest BCUT2D eigenvalue weighted by Crippen LogP contribution is -2.31. The number of nitrogens with zero attached hydrogens (tertiary/aromatic N) is 1. The molecule has 1 aromatic carbocycles. The summed E-state index contributed by atoms with van der Waals surface area (Å²) in [6, 6.07) is 6.58. The molecule has 1 aliphatic rings. The molecule has 0 amide bonds. The van der Waals surface area contributed by atoms with Gasteiger partial charge in [-0.1, -0.05) is 6.92 Å². The van der Waals surface area contributed by atoms with Crippen LogP contribution in [0.1, 0.15) is 19.8 Å². The molecule has 0 heterocycles. The molecule has 0 unspecified atom stereocenters. The molecular formula is C13H18N2O4S. The van der Waals surface area contributed by atoms with Crippen molar-refractivity contribution in [1.29, 1.82) is 0 Å². The van der Waals surface area contributed by atoms with E-state index >= 15 is 0 Å². The molecule has 1 saturated carbocycles. The van der Waals surface area contributed by atoms with Crippen molar-refractivity contribution in [2.75, 3.05) is 18.0 Å². The monoisotopic (exact) mass is 298 g/mol. The van der Waals surface area contributed by atoms with Crippen LogP contribution in [0.15, 0.2) is 29.2 Å². The fraction of sp³-hybridized carbons (Fsp3) is 0.462. The zero-order valence-corrected chi connectivity index (χ0v) is 12.1. The first kappa shape index (κ1) is 14.8. The molecule has 110 valence electrons. The van der Waals surface area contributed by atoms with Crippen LogP contribution < -0.4 is 9.62 Å². The Hall–Kier alpha value is -1.60. The number of sulfonamides is 1. The second-order valence-corrected chi connectivity index (χ2v) is 6.51. The lowest BCUT2D eigenvalue weighted by atomic mass is 10.3. The summed E-state index contributed by atoms with van der Waals surface area (Å²) in [5.41, 5.74) is 0.741. The largest absolute Gasteiger partial charge is 0.480 e. The molecule has 2 N–H and O–H groups in total. The van der Waals surface area contributed by atoms with E-state index in [-0.39, 0.29) is 17.5 Å². The van der Waals surface area contributed by atoms with Crippen molar-refractivity contribution in [2.24, 2.45) is 0 Å². The second kappa shape index (κ2) is 5.80. The molecule has 1 fully saturated rings. The topological polar surface area (TPSA) is 86.7 Å². The number of anilines is 1. The number of carboxylic acids is 1. The molecule has 0 aliphatic heterocycles. The Balaban J connectivity index is 2.20. The highest BCUT2D eigenvalue weighted by atomic mass is 32.2. The molecule has 20 heavy (non-hydrogen) atoms. The summed E-state index contributed by atoms with van der Waals surface area (Å²) in [5.74, 6) is -0.888. The molecular weight excluding hydrogens is 280 g/mol. The van der Waals surface area contributed by atoms with Gasteiger partial charge in [-0.2, -0.15) is 0 Å². The molecule has 0 bridgehead atoms. The second-order valence-electron chi connectivity index (χ2n) is 4.75. The Morgan fingerprint density at radius 3 is 2.40 bits per heavy atom. The van der Waals surface area contributed by atoms with Gasteiger partial charge < -0.3 is 10.0 Å². The minimum Gasteiger partial charge on any atom is -0.480 e. The molecule has 7 heteroatoms. The molecule has 0 spiro atoms. The highest BCUT2D eigenvalue weighted by Gasteiger charge is 2.30. The number of hydrogen-bond donors (Lipinski definition) is 2. The highest BCUT2D eigenvalue weighted by Crippen LogP contribution is 2.31. The van der Waals surface area contributed by atoms with Crippen LogP contribution in [0.2, 0.25) is 0 Å². The van der Waals surface area contributed by atoms with Crippen LogP contribution in [0.4, 0.5) is 5.69 Å². The average molecular weight is 298 g/mol. The van der Waals surface area contributed by atoms with Crippen molar-refractivity contribution in [1.82, 2.24) is 4.72 Å². The number of benzene rings is 1. The molecule has 2 rings (SSSR count). The van der Waals surface area contributed by atoms with E-state index in [1.807, 2.05) is 0 Å². The average Bonchev–Trinajstić information content (AvgIpc) is 3.20. The lowest BCUT2D eigenvalue weighted by molar-refractivity contribution is -0.135. The zero-order chi connectivity index (χ0) is 14.8. The van der Waals surface area contributed by atoms with Crippen LogP contribution >= 0.6 is 0 Å². The summed E-state index contributed by atoms with van der Waals surface area (Å²) in [7, 11) is -3.47. The third-order valence-electron chi connectivity index (χ3n) is 3.11. The van der Waals surface area contributed by atoms with Gasteiger partial charge >= 0.3 is 5.97 Å². The van der Waals surface area contributed by atoms with E-state index in [4.69, 9.17) is 5.11 Å².